The van der Waals surface area contributed by atoms with E-state index >= 15 is 0 Å². The van der Waals surface area contributed by atoms with Crippen molar-refractivity contribution in [2.75, 3.05) is 7.11 Å². The van der Waals surface area contributed by atoms with Crippen LogP contribution in [0, 0.1) is 0 Å². The van der Waals surface area contributed by atoms with Crippen LogP contribution in [0.15, 0.2) is 52.1 Å². The zero-order chi connectivity index (χ0) is 24.6. The SMILES string of the molecule is CCC(C)NC(=O)c1ccc2c(=O)n(C(C)C)c3nn(Cc4cccc(OC)c4)c(=O)n3c2c1. The molecule has 1 atom stereocenters. The number of amides is 1. The fraction of sp³-hybridized carbons (Fsp3) is 0.360. The maximum Gasteiger partial charge on any atom is 0.352 e. The van der Waals surface area contributed by atoms with E-state index in [0.29, 0.717) is 22.2 Å². The summed E-state index contributed by atoms with van der Waals surface area (Å²) in [4.78, 5) is 39.6. The second-order valence-corrected chi connectivity index (χ2v) is 8.71. The van der Waals surface area contributed by atoms with Crippen molar-refractivity contribution >= 4 is 22.6 Å². The molecule has 0 aliphatic carbocycles. The molecule has 34 heavy (non-hydrogen) atoms. The number of carbonyl (C=O) groups is 1. The number of hydrogen-bond acceptors (Lipinski definition) is 5. The summed E-state index contributed by atoms with van der Waals surface area (Å²) in [5.74, 6) is 0.657. The highest BCUT2D eigenvalue weighted by atomic mass is 16.5. The highest BCUT2D eigenvalue weighted by molar-refractivity contribution is 5.98. The third-order valence-electron chi connectivity index (χ3n) is 5.96. The molecule has 0 aliphatic heterocycles. The van der Waals surface area contributed by atoms with Crippen LogP contribution >= 0.6 is 0 Å². The van der Waals surface area contributed by atoms with Gasteiger partial charge in [0, 0.05) is 17.6 Å². The van der Waals surface area contributed by atoms with Crippen LogP contribution in [0.25, 0.3) is 16.7 Å². The Labute approximate surface area is 196 Å². The molecule has 2 aromatic heterocycles. The lowest BCUT2D eigenvalue weighted by molar-refractivity contribution is 0.0939. The first-order valence-corrected chi connectivity index (χ1v) is 11.4. The Hall–Kier alpha value is -3.88. The van der Waals surface area contributed by atoms with E-state index in [9.17, 15) is 14.4 Å². The van der Waals surface area contributed by atoms with E-state index in [1.54, 1.807) is 25.3 Å². The average Bonchev–Trinajstić information content (AvgIpc) is 3.13. The third kappa shape index (κ3) is 4.09. The van der Waals surface area contributed by atoms with Gasteiger partial charge >= 0.3 is 5.69 Å². The lowest BCUT2D eigenvalue weighted by Gasteiger charge is -2.14. The summed E-state index contributed by atoms with van der Waals surface area (Å²) in [6.07, 6.45) is 0.791. The fourth-order valence-electron chi connectivity index (χ4n) is 3.94. The Balaban J connectivity index is 1.95. The van der Waals surface area contributed by atoms with E-state index in [4.69, 9.17) is 4.74 Å². The highest BCUT2D eigenvalue weighted by Gasteiger charge is 2.20. The molecule has 0 spiro atoms. The number of ether oxygens (including phenoxy) is 1. The predicted octanol–water partition coefficient (Wildman–Crippen LogP) is 2.98. The van der Waals surface area contributed by atoms with Crippen LogP contribution in [0.4, 0.5) is 0 Å². The third-order valence-corrected chi connectivity index (χ3v) is 5.96. The van der Waals surface area contributed by atoms with Crippen LogP contribution in [-0.2, 0) is 6.54 Å². The lowest BCUT2D eigenvalue weighted by Crippen LogP contribution is -2.32. The molecule has 178 valence electrons. The molecule has 0 saturated heterocycles. The fourth-order valence-corrected chi connectivity index (χ4v) is 3.94. The monoisotopic (exact) mass is 463 g/mol. The van der Waals surface area contributed by atoms with Gasteiger partial charge in [-0.25, -0.2) is 13.9 Å². The first-order valence-electron chi connectivity index (χ1n) is 11.4. The normalized spacial score (nSPS) is 12.4. The van der Waals surface area contributed by atoms with Crippen molar-refractivity contribution in [3.05, 3.63) is 74.4 Å². The molecule has 0 aliphatic rings. The molecule has 4 aromatic rings. The van der Waals surface area contributed by atoms with Gasteiger partial charge in [-0.15, -0.1) is 5.10 Å². The van der Waals surface area contributed by atoms with Crippen LogP contribution < -0.4 is 21.3 Å². The van der Waals surface area contributed by atoms with Gasteiger partial charge in [-0.3, -0.25) is 14.2 Å². The molecular formula is C25H29N5O4. The Morgan fingerprint density at radius 1 is 1.12 bits per heavy atom. The van der Waals surface area contributed by atoms with E-state index in [1.165, 1.54) is 13.6 Å². The summed E-state index contributed by atoms with van der Waals surface area (Å²) in [6.45, 7) is 7.85. The number of nitrogens with one attached hydrogen (secondary N) is 1. The molecule has 0 fully saturated rings. The molecule has 1 unspecified atom stereocenters. The zero-order valence-corrected chi connectivity index (χ0v) is 20.0. The van der Waals surface area contributed by atoms with Gasteiger partial charge < -0.3 is 10.1 Å². The number of benzene rings is 2. The topological polar surface area (TPSA) is 99.6 Å². The molecule has 0 saturated carbocycles. The van der Waals surface area contributed by atoms with Gasteiger partial charge in [0.1, 0.15) is 5.75 Å². The predicted molar refractivity (Wildman–Crippen MR) is 131 cm³/mol. The molecule has 4 rings (SSSR count). The van der Waals surface area contributed by atoms with Crippen molar-refractivity contribution < 1.29 is 9.53 Å². The van der Waals surface area contributed by atoms with Crippen molar-refractivity contribution in [2.24, 2.45) is 0 Å². The molecular weight excluding hydrogens is 434 g/mol. The first-order chi connectivity index (χ1) is 16.2. The Morgan fingerprint density at radius 3 is 2.56 bits per heavy atom. The van der Waals surface area contributed by atoms with Crippen LogP contribution in [0.2, 0.25) is 0 Å². The maximum atomic E-state index is 13.5. The van der Waals surface area contributed by atoms with Gasteiger partial charge in [0.15, 0.2) is 0 Å². The quantitative estimate of drug-likeness (QED) is 0.454. The van der Waals surface area contributed by atoms with Gasteiger partial charge in [0.05, 0.1) is 24.6 Å². The summed E-state index contributed by atoms with van der Waals surface area (Å²) >= 11 is 0. The minimum Gasteiger partial charge on any atom is -0.497 e. The number of aromatic nitrogens is 4. The van der Waals surface area contributed by atoms with Crippen molar-refractivity contribution in [1.82, 2.24) is 24.1 Å². The van der Waals surface area contributed by atoms with E-state index in [0.717, 1.165) is 12.0 Å². The minimum atomic E-state index is -0.392. The van der Waals surface area contributed by atoms with E-state index < -0.39 is 5.69 Å². The minimum absolute atomic E-state index is 0.00509. The molecule has 2 heterocycles. The number of nitrogens with zero attached hydrogens (tertiary/aromatic N) is 4. The number of methoxy groups -OCH3 is 1. The Morgan fingerprint density at radius 2 is 1.88 bits per heavy atom. The summed E-state index contributed by atoms with van der Waals surface area (Å²) < 4.78 is 9.53. The molecule has 9 heteroatoms. The van der Waals surface area contributed by atoms with Gasteiger partial charge in [-0.05, 0) is 63.1 Å². The molecule has 0 radical (unpaired) electrons. The number of hydrogen-bond donors (Lipinski definition) is 1. The van der Waals surface area contributed by atoms with E-state index in [-0.39, 0.29) is 35.9 Å². The van der Waals surface area contributed by atoms with Gasteiger partial charge in [0.25, 0.3) is 11.5 Å². The maximum absolute atomic E-state index is 13.5. The van der Waals surface area contributed by atoms with Gasteiger partial charge in [0.2, 0.25) is 5.78 Å². The summed E-state index contributed by atoms with van der Waals surface area (Å²) in [6, 6.07) is 12.0. The second-order valence-electron chi connectivity index (χ2n) is 8.71. The molecule has 1 amide bonds. The lowest BCUT2D eigenvalue weighted by atomic mass is 10.1. The second kappa shape index (κ2) is 9.17. The van der Waals surface area contributed by atoms with Crippen molar-refractivity contribution in [1.29, 1.82) is 0 Å². The van der Waals surface area contributed by atoms with Gasteiger partial charge in [-0.1, -0.05) is 19.1 Å². The van der Waals surface area contributed by atoms with E-state index in [1.807, 2.05) is 52.0 Å². The summed E-state index contributed by atoms with van der Waals surface area (Å²) in [7, 11) is 1.58. The van der Waals surface area contributed by atoms with Crippen LogP contribution in [0.1, 0.15) is 56.1 Å². The largest absolute Gasteiger partial charge is 0.497 e. The highest BCUT2D eigenvalue weighted by Crippen LogP contribution is 2.18. The number of fused-ring (bicyclic) bond motifs is 3. The Bertz CT molecular complexity index is 1500. The van der Waals surface area contributed by atoms with Crippen molar-refractivity contribution in [2.45, 2.75) is 52.7 Å². The molecule has 1 N–H and O–H groups in total. The average molecular weight is 464 g/mol. The molecule has 9 nitrogen and oxygen atoms in total. The molecule has 2 aromatic carbocycles. The summed E-state index contributed by atoms with van der Waals surface area (Å²) in [5.41, 5.74) is 0.918. The van der Waals surface area contributed by atoms with Crippen molar-refractivity contribution in [3.63, 3.8) is 0 Å². The number of rotatable bonds is 7. The van der Waals surface area contributed by atoms with E-state index in [2.05, 4.69) is 10.4 Å². The van der Waals surface area contributed by atoms with Crippen LogP contribution in [0.3, 0.4) is 0 Å². The standard InChI is InChI=1S/C25H29N5O4/c1-6-16(4)26-22(31)18-10-11-20-21(13-18)30-24(29(15(2)3)23(20)32)27-28(25(30)33)14-17-8-7-9-19(12-17)34-5/h7-13,15-16H,6,14H2,1-5H3,(H,26,31). The summed E-state index contributed by atoms with van der Waals surface area (Å²) in [5, 5.41) is 7.80. The van der Waals surface area contributed by atoms with Crippen molar-refractivity contribution in [3.8, 4) is 5.75 Å². The van der Waals surface area contributed by atoms with Crippen LogP contribution in [0.5, 0.6) is 5.75 Å². The smallest absolute Gasteiger partial charge is 0.352 e. The zero-order valence-electron chi connectivity index (χ0n) is 20.0. The molecule has 0 bridgehead atoms. The number of carbonyl (C=O) groups excluding carboxylic acids is 1. The van der Waals surface area contributed by atoms with Gasteiger partial charge in [-0.2, -0.15) is 0 Å². The first kappa shape index (κ1) is 23.3. The van der Waals surface area contributed by atoms with Crippen LogP contribution in [-0.4, -0.2) is 37.8 Å². The Kier molecular flexibility index (Phi) is 6.28.